The van der Waals surface area contributed by atoms with E-state index >= 15 is 0 Å². The molecule has 0 radical (unpaired) electrons. The number of halogens is 1. The Bertz CT molecular complexity index is 553. The molecular formula is C17H24BrN3O2. The third-order valence-corrected chi connectivity index (χ3v) is 5.26. The number of likely N-dealkylation sites (tertiary alicyclic amines) is 1. The molecule has 3 rings (SSSR count). The number of amides is 1. The highest BCUT2D eigenvalue weighted by molar-refractivity contribution is 9.10. The first-order chi connectivity index (χ1) is 11.1. The molecule has 0 bridgehead atoms. The van der Waals surface area contributed by atoms with Gasteiger partial charge in [0.2, 0.25) is 0 Å². The van der Waals surface area contributed by atoms with Gasteiger partial charge < -0.3 is 15.4 Å². The Morgan fingerprint density at radius 1 is 1.22 bits per heavy atom. The van der Waals surface area contributed by atoms with Crippen LogP contribution >= 0.6 is 15.9 Å². The molecule has 1 aromatic carbocycles. The van der Waals surface area contributed by atoms with E-state index in [0.717, 1.165) is 63.3 Å². The molecule has 1 aromatic rings. The van der Waals surface area contributed by atoms with E-state index in [1.165, 1.54) is 0 Å². The minimum atomic E-state index is 0.0554. The molecule has 126 valence electrons. The van der Waals surface area contributed by atoms with Crippen LogP contribution in [0.4, 0.5) is 5.69 Å². The molecule has 2 aliphatic rings. The van der Waals surface area contributed by atoms with Crippen molar-refractivity contribution in [3.05, 3.63) is 28.2 Å². The molecule has 2 heterocycles. The standard InChI is InChI=1S/C17H24BrN3O2/c18-14-1-2-15(16(19)11-14)17(22)21-5-3-13(4-6-21)12-20-7-9-23-10-8-20/h1-2,11,13H,3-10,12,19H2. The highest BCUT2D eigenvalue weighted by Crippen LogP contribution is 2.24. The van der Waals surface area contributed by atoms with Gasteiger partial charge >= 0.3 is 0 Å². The summed E-state index contributed by atoms with van der Waals surface area (Å²) >= 11 is 3.38. The van der Waals surface area contributed by atoms with Gasteiger partial charge in [-0.1, -0.05) is 15.9 Å². The number of nitrogens with two attached hydrogens (primary N) is 1. The molecule has 2 fully saturated rings. The molecule has 1 amide bonds. The van der Waals surface area contributed by atoms with Crippen molar-refractivity contribution in [2.45, 2.75) is 12.8 Å². The van der Waals surface area contributed by atoms with Crippen molar-refractivity contribution in [3.8, 4) is 0 Å². The van der Waals surface area contributed by atoms with Gasteiger partial charge in [0.05, 0.1) is 18.8 Å². The number of ether oxygens (including phenoxy) is 1. The summed E-state index contributed by atoms with van der Waals surface area (Å²) in [5.41, 5.74) is 7.14. The fourth-order valence-electron chi connectivity index (χ4n) is 3.37. The maximum absolute atomic E-state index is 12.6. The van der Waals surface area contributed by atoms with Crippen LogP contribution in [0.1, 0.15) is 23.2 Å². The van der Waals surface area contributed by atoms with Gasteiger partial charge in [-0.3, -0.25) is 9.69 Å². The fraction of sp³-hybridized carbons (Fsp3) is 0.588. The fourth-order valence-corrected chi connectivity index (χ4v) is 3.74. The quantitative estimate of drug-likeness (QED) is 0.815. The van der Waals surface area contributed by atoms with Crippen LogP contribution in [-0.2, 0) is 4.74 Å². The maximum atomic E-state index is 12.6. The molecular weight excluding hydrogens is 358 g/mol. The normalized spacial score (nSPS) is 20.7. The maximum Gasteiger partial charge on any atom is 0.255 e. The summed E-state index contributed by atoms with van der Waals surface area (Å²) in [5.74, 6) is 0.735. The third-order valence-electron chi connectivity index (χ3n) is 4.77. The van der Waals surface area contributed by atoms with Crippen molar-refractivity contribution in [3.63, 3.8) is 0 Å². The van der Waals surface area contributed by atoms with Crippen molar-refractivity contribution in [2.75, 3.05) is 51.7 Å². The minimum absolute atomic E-state index is 0.0554. The second-order valence-corrected chi connectivity index (χ2v) is 7.30. The van der Waals surface area contributed by atoms with Crippen molar-refractivity contribution < 1.29 is 9.53 Å². The van der Waals surface area contributed by atoms with Gasteiger partial charge in [0, 0.05) is 42.9 Å². The van der Waals surface area contributed by atoms with Crippen LogP contribution < -0.4 is 5.73 Å². The van der Waals surface area contributed by atoms with Crippen LogP contribution in [-0.4, -0.2) is 61.6 Å². The summed E-state index contributed by atoms with van der Waals surface area (Å²) in [7, 11) is 0. The molecule has 0 unspecified atom stereocenters. The predicted octanol–water partition coefficient (Wildman–Crippen LogP) is 2.22. The number of nitrogens with zero attached hydrogens (tertiary/aromatic N) is 2. The molecule has 0 spiro atoms. The lowest BCUT2D eigenvalue weighted by Gasteiger charge is -2.36. The largest absolute Gasteiger partial charge is 0.398 e. The molecule has 2 saturated heterocycles. The van der Waals surface area contributed by atoms with Crippen LogP contribution in [0, 0.1) is 5.92 Å². The number of carbonyl (C=O) groups is 1. The highest BCUT2D eigenvalue weighted by Gasteiger charge is 2.26. The smallest absolute Gasteiger partial charge is 0.255 e. The Hall–Kier alpha value is -1.11. The molecule has 2 N–H and O–H groups in total. The highest BCUT2D eigenvalue weighted by atomic mass is 79.9. The summed E-state index contributed by atoms with van der Waals surface area (Å²) in [6.07, 6.45) is 2.14. The predicted molar refractivity (Wildman–Crippen MR) is 94.4 cm³/mol. The van der Waals surface area contributed by atoms with E-state index in [-0.39, 0.29) is 5.91 Å². The number of morpholine rings is 1. The van der Waals surface area contributed by atoms with Gasteiger partial charge in [0.25, 0.3) is 5.91 Å². The van der Waals surface area contributed by atoms with E-state index in [1.807, 2.05) is 17.0 Å². The second-order valence-electron chi connectivity index (χ2n) is 6.38. The Morgan fingerprint density at radius 2 is 1.91 bits per heavy atom. The number of piperidine rings is 1. The zero-order chi connectivity index (χ0) is 16.2. The number of carbonyl (C=O) groups excluding carboxylic acids is 1. The van der Waals surface area contributed by atoms with Gasteiger partial charge in [-0.15, -0.1) is 0 Å². The zero-order valence-electron chi connectivity index (χ0n) is 13.3. The lowest BCUT2D eigenvalue weighted by atomic mass is 9.95. The average molecular weight is 382 g/mol. The van der Waals surface area contributed by atoms with Gasteiger partial charge in [-0.05, 0) is 37.0 Å². The number of hydrogen-bond donors (Lipinski definition) is 1. The Morgan fingerprint density at radius 3 is 2.57 bits per heavy atom. The number of rotatable bonds is 3. The summed E-state index contributed by atoms with van der Waals surface area (Å²) in [6.45, 7) is 6.54. The zero-order valence-corrected chi connectivity index (χ0v) is 14.9. The van der Waals surface area contributed by atoms with E-state index in [0.29, 0.717) is 17.2 Å². The van der Waals surface area contributed by atoms with Crippen molar-refractivity contribution >= 4 is 27.5 Å². The Kier molecular flexibility index (Phi) is 5.56. The third kappa shape index (κ3) is 4.25. The molecule has 0 saturated carbocycles. The molecule has 2 aliphatic heterocycles. The first-order valence-corrected chi connectivity index (χ1v) is 9.07. The molecule has 6 heteroatoms. The number of hydrogen-bond acceptors (Lipinski definition) is 4. The van der Waals surface area contributed by atoms with Crippen LogP contribution in [0.3, 0.4) is 0 Å². The number of anilines is 1. The van der Waals surface area contributed by atoms with Crippen LogP contribution in [0.2, 0.25) is 0 Å². The molecule has 0 aromatic heterocycles. The lowest BCUT2D eigenvalue weighted by Crippen LogP contribution is -2.44. The van der Waals surface area contributed by atoms with Gasteiger partial charge in [-0.2, -0.15) is 0 Å². The van der Waals surface area contributed by atoms with Gasteiger partial charge in [0.1, 0.15) is 0 Å². The van der Waals surface area contributed by atoms with E-state index in [4.69, 9.17) is 10.5 Å². The summed E-state index contributed by atoms with van der Waals surface area (Å²) in [5, 5.41) is 0. The van der Waals surface area contributed by atoms with Gasteiger partial charge in [0.15, 0.2) is 0 Å². The van der Waals surface area contributed by atoms with E-state index < -0.39 is 0 Å². The number of benzene rings is 1. The molecule has 0 atom stereocenters. The summed E-state index contributed by atoms with van der Waals surface area (Å²) < 4.78 is 6.30. The van der Waals surface area contributed by atoms with Crippen LogP contribution in [0.5, 0.6) is 0 Å². The van der Waals surface area contributed by atoms with Gasteiger partial charge in [-0.25, -0.2) is 0 Å². The summed E-state index contributed by atoms with van der Waals surface area (Å²) in [4.78, 5) is 17.1. The Labute approximate surface area is 145 Å². The first kappa shape index (κ1) is 16.7. The molecule has 5 nitrogen and oxygen atoms in total. The minimum Gasteiger partial charge on any atom is -0.398 e. The summed E-state index contributed by atoms with van der Waals surface area (Å²) in [6, 6.07) is 5.47. The van der Waals surface area contributed by atoms with E-state index in [9.17, 15) is 4.79 Å². The second kappa shape index (κ2) is 7.64. The Balaban J connectivity index is 1.52. The molecule has 0 aliphatic carbocycles. The first-order valence-electron chi connectivity index (χ1n) is 8.28. The molecule has 23 heavy (non-hydrogen) atoms. The van der Waals surface area contributed by atoms with Crippen LogP contribution in [0.15, 0.2) is 22.7 Å². The average Bonchev–Trinajstić information content (AvgIpc) is 2.56. The monoisotopic (exact) mass is 381 g/mol. The van der Waals surface area contributed by atoms with E-state index in [1.54, 1.807) is 6.07 Å². The van der Waals surface area contributed by atoms with Crippen LogP contribution in [0.25, 0.3) is 0 Å². The van der Waals surface area contributed by atoms with Crippen molar-refractivity contribution in [2.24, 2.45) is 5.92 Å². The number of nitrogen functional groups attached to an aromatic ring is 1. The lowest BCUT2D eigenvalue weighted by molar-refractivity contribution is 0.0243. The van der Waals surface area contributed by atoms with Crippen molar-refractivity contribution in [1.29, 1.82) is 0 Å². The van der Waals surface area contributed by atoms with E-state index in [2.05, 4.69) is 20.8 Å². The topological polar surface area (TPSA) is 58.8 Å². The SMILES string of the molecule is Nc1cc(Br)ccc1C(=O)N1CCC(CN2CCOCC2)CC1. The van der Waals surface area contributed by atoms with Crippen molar-refractivity contribution in [1.82, 2.24) is 9.80 Å².